The summed E-state index contributed by atoms with van der Waals surface area (Å²) in [6.07, 6.45) is 1.16. The van der Waals surface area contributed by atoms with Gasteiger partial charge in [-0.1, -0.05) is 33.8 Å². The number of rotatable bonds is 1. The molecule has 0 aromatic heterocycles. The molecular weight excluding hydrogens is 196 g/mol. The maximum atomic E-state index is 5.53. The first-order valence-corrected chi connectivity index (χ1v) is 5.83. The molecule has 1 heteroatoms. The van der Waals surface area contributed by atoms with Gasteiger partial charge in [0.05, 0.1) is 7.11 Å². The van der Waals surface area contributed by atoms with E-state index in [4.69, 9.17) is 4.74 Å². The number of ether oxygens (including phenoxy) is 1. The fourth-order valence-electron chi connectivity index (χ4n) is 3.35. The predicted molar refractivity (Wildman–Crippen MR) is 68.1 cm³/mol. The van der Waals surface area contributed by atoms with Crippen LogP contribution in [-0.2, 0) is 10.8 Å². The number of hydrogen-bond acceptors (Lipinski definition) is 1. The Balaban J connectivity index is 2.75. The first-order valence-electron chi connectivity index (χ1n) is 5.83. The smallest absolute Gasteiger partial charge is 0.123 e. The standard InChI is InChI=1S/C15H21O/c1-10-7-11-13(12(8-10)16-6)15(4,5)9-14(11,2)3/h7-8H,1,9H2,2-6H3. The van der Waals surface area contributed by atoms with Gasteiger partial charge >= 0.3 is 0 Å². The van der Waals surface area contributed by atoms with Crippen molar-refractivity contribution >= 4 is 0 Å². The topological polar surface area (TPSA) is 9.23 Å². The summed E-state index contributed by atoms with van der Waals surface area (Å²) in [7, 11) is 1.75. The third kappa shape index (κ3) is 1.53. The fraction of sp³-hybridized carbons (Fsp3) is 0.533. The van der Waals surface area contributed by atoms with Crippen LogP contribution in [0.25, 0.3) is 0 Å². The Labute approximate surface area is 98.8 Å². The molecule has 0 aliphatic heterocycles. The van der Waals surface area contributed by atoms with Crippen molar-refractivity contribution in [3.8, 4) is 5.75 Å². The molecule has 1 aromatic carbocycles. The van der Waals surface area contributed by atoms with E-state index in [0.29, 0.717) is 0 Å². The highest BCUT2D eigenvalue weighted by molar-refractivity contribution is 5.55. The molecule has 0 atom stereocenters. The van der Waals surface area contributed by atoms with E-state index in [1.807, 2.05) is 6.07 Å². The minimum atomic E-state index is 0.192. The summed E-state index contributed by atoms with van der Waals surface area (Å²) in [4.78, 5) is 0. The Bertz CT molecular complexity index is 427. The molecule has 0 saturated carbocycles. The lowest BCUT2D eigenvalue weighted by Gasteiger charge is -2.23. The average molecular weight is 217 g/mol. The summed E-state index contributed by atoms with van der Waals surface area (Å²) in [5.41, 5.74) is 4.23. The van der Waals surface area contributed by atoms with E-state index in [-0.39, 0.29) is 10.8 Å². The van der Waals surface area contributed by atoms with Crippen molar-refractivity contribution in [1.29, 1.82) is 0 Å². The Morgan fingerprint density at radius 2 is 1.75 bits per heavy atom. The van der Waals surface area contributed by atoms with E-state index in [9.17, 15) is 0 Å². The van der Waals surface area contributed by atoms with E-state index < -0.39 is 0 Å². The van der Waals surface area contributed by atoms with Crippen molar-refractivity contribution in [2.75, 3.05) is 7.11 Å². The van der Waals surface area contributed by atoms with Crippen LogP contribution in [0.5, 0.6) is 5.75 Å². The Hall–Kier alpha value is -0.980. The quantitative estimate of drug-likeness (QED) is 0.694. The van der Waals surface area contributed by atoms with E-state index in [0.717, 1.165) is 17.7 Å². The number of hydrogen-bond donors (Lipinski definition) is 0. The van der Waals surface area contributed by atoms with Crippen LogP contribution in [0, 0.1) is 6.92 Å². The number of benzene rings is 1. The van der Waals surface area contributed by atoms with Gasteiger partial charge in [-0.2, -0.15) is 0 Å². The molecule has 1 aliphatic carbocycles. The van der Waals surface area contributed by atoms with Gasteiger partial charge in [0.15, 0.2) is 0 Å². The van der Waals surface area contributed by atoms with Gasteiger partial charge in [0.1, 0.15) is 5.75 Å². The van der Waals surface area contributed by atoms with Crippen LogP contribution in [-0.4, -0.2) is 7.11 Å². The molecule has 0 spiro atoms. The molecule has 1 radical (unpaired) electrons. The van der Waals surface area contributed by atoms with Gasteiger partial charge in [-0.05, 0) is 41.4 Å². The molecule has 0 heterocycles. The maximum absolute atomic E-state index is 5.53. The SMILES string of the molecule is [CH2]c1cc(OC)c2c(c1)C(C)(C)CC2(C)C. The molecule has 0 amide bonds. The molecule has 0 unspecified atom stereocenters. The van der Waals surface area contributed by atoms with Gasteiger partial charge in [0.2, 0.25) is 0 Å². The molecule has 87 valence electrons. The summed E-state index contributed by atoms with van der Waals surface area (Å²) >= 11 is 0. The van der Waals surface area contributed by atoms with Crippen LogP contribution in [0.2, 0.25) is 0 Å². The van der Waals surface area contributed by atoms with Crippen molar-refractivity contribution in [2.45, 2.75) is 44.9 Å². The summed E-state index contributed by atoms with van der Waals surface area (Å²) < 4.78 is 5.53. The average Bonchev–Trinajstić information content (AvgIpc) is 2.31. The lowest BCUT2D eigenvalue weighted by Crippen LogP contribution is -2.18. The van der Waals surface area contributed by atoms with Gasteiger partial charge in [0, 0.05) is 5.56 Å². The van der Waals surface area contributed by atoms with Crippen molar-refractivity contribution in [3.05, 3.63) is 35.7 Å². The van der Waals surface area contributed by atoms with Crippen molar-refractivity contribution in [3.63, 3.8) is 0 Å². The van der Waals surface area contributed by atoms with Crippen LogP contribution < -0.4 is 4.74 Å². The molecule has 0 N–H and O–H groups in total. The molecule has 0 saturated heterocycles. The van der Waals surface area contributed by atoms with Crippen molar-refractivity contribution in [2.24, 2.45) is 0 Å². The van der Waals surface area contributed by atoms with Gasteiger partial charge in [-0.15, -0.1) is 0 Å². The zero-order valence-electron chi connectivity index (χ0n) is 11.0. The molecule has 16 heavy (non-hydrogen) atoms. The second kappa shape index (κ2) is 3.26. The minimum Gasteiger partial charge on any atom is -0.496 e. The monoisotopic (exact) mass is 217 g/mol. The largest absolute Gasteiger partial charge is 0.496 e. The Kier molecular flexibility index (Phi) is 2.34. The summed E-state index contributed by atoms with van der Waals surface area (Å²) in [6, 6.07) is 4.26. The predicted octanol–water partition coefficient (Wildman–Crippen LogP) is 3.84. The molecule has 0 fully saturated rings. The van der Waals surface area contributed by atoms with Crippen molar-refractivity contribution < 1.29 is 4.74 Å². The highest BCUT2D eigenvalue weighted by Crippen LogP contribution is 2.52. The van der Waals surface area contributed by atoms with Crippen LogP contribution in [0.3, 0.4) is 0 Å². The van der Waals surface area contributed by atoms with E-state index in [2.05, 4.69) is 40.7 Å². The second-order valence-corrected chi connectivity index (χ2v) is 6.17. The minimum absolute atomic E-state index is 0.192. The third-order valence-corrected chi connectivity index (χ3v) is 3.67. The Morgan fingerprint density at radius 3 is 2.31 bits per heavy atom. The molecule has 1 nitrogen and oxygen atoms in total. The summed E-state index contributed by atoms with van der Waals surface area (Å²) in [6.45, 7) is 13.2. The maximum Gasteiger partial charge on any atom is 0.123 e. The van der Waals surface area contributed by atoms with Gasteiger partial charge in [0.25, 0.3) is 0 Å². The lowest BCUT2D eigenvalue weighted by molar-refractivity contribution is 0.378. The molecule has 2 rings (SSSR count). The number of fused-ring (bicyclic) bond motifs is 1. The zero-order valence-corrected chi connectivity index (χ0v) is 11.0. The normalized spacial score (nSPS) is 20.6. The van der Waals surface area contributed by atoms with Crippen LogP contribution in [0.1, 0.15) is 50.8 Å². The first-order chi connectivity index (χ1) is 7.28. The van der Waals surface area contributed by atoms with Crippen LogP contribution >= 0.6 is 0 Å². The second-order valence-electron chi connectivity index (χ2n) is 6.17. The molecule has 1 aromatic rings. The van der Waals surface area contributed by atoms with Crippen LogP contribution in [0.15, 0.2) is 12.1 Å². The van der Waals surface area contributed by atoms with Gasteiger partial charge < -0.3 is 4.74 Å². The first kappa shape index (κ1) is 11.5. The highest BCUT2D eigenvalue weighted by Gasteiger charge is 2.43. The molecule has 1 aliphatic rings. The Morgan fingerprint density at radius 1 is 1.12 bits per heavy atom. The van der Waals surface area contributed by atoms with Crippen molar-refractivity contribution in [1.82, 2.24) is 0 Å². The number of methoxy groups -OCH3 is 1. The lowest BCUT2D eigenvalue weighted by atomic mass is 9.82. The van der Waals surface area contributed by atoms with Gasteiger partial charge in [-0.25, -0.2) is 0 Å². The van der Waals surface area contributed by atoms with E-state index in [1.165, 1.54) is 11.1 Å². The van der Waals surface area contributed by atoms with Gasteiger partial charge in [-0.3, -0.25) is 0 Å². The van der Waals surface area contributed by atoms with Crippen LogP contribution in [0.4, 0.5) is 0 Å². The summed E-state index contributed by atoms with van der Waals surface area (Å²) in [5, 5.41) is 0. The molecular formula is C15H21O. The summed E-state index contributed by atoms with van der Waals surface area (Å²) in [5.74, 6) is 0.998. The fourth-order valence-corrected chi connectivity index (χ4v) is 3.35. The van der Waals surface area contributed by atoms with E-state index in [1.54, 1.807) is 7.11 Å². The third-order valence-electron chi connectivity index (χ3n) is 3.67. The highest BCUT2D eigenvalue weighted by atomic mass is 16.5. The zero-order chi connectivity index (χ0) is 12.1. The van der Waals surface area contributed by atoms with E-state index >= 15 is 0 Å². The molecule has 0 bridgehead atoms.